The van der Waals surface area contributed by atoms with E-state index in [2.05, 4.69) is 10.1 Å². The molecule has 1 heterocycles. The van der Waals surface area contributed by atoms with Gasteiger partial charge in [0.05, 0.1) is 7.11 Å². The van der Waals surface area contributed by atoms with Crippen molar-refractivity contribution in [2.75, 3.05) is 7.11 Å². The van der Waals surface area contributed by atoms with Crippen LogP contribution in [0.15, 0.2) is 77.3 Å². The fourth-order valence-electron chi connectivity index (χ4n) is 2.69. The van der Waals surface area contributed by atoms with E-state index in [4.69, 9.17) is 25.6 Å². The van der Waals surface area contributed by atoms with E-state index in [1.54, 1.807) is 7.11 Å². The average Bonchev–Trinajstić information content (AvgIpc) is 3.24. The molecule has 0 aliphatic rings. The topological polar surface area (TPSA) is 57.4 Å². The predicted octanol–water partition coefficient (Wildman–Crippen LogP) is 5.64. The molecule has 3 aromatic carbocycles. The van der Waals surface area contributed by atoms with Gasteiger partial charge in [-0.25, -0.2) is 0 Å². The molecule has 0 radical (unpaired) electrons. The Morgan fingerprint density at radius 1 is 0.893 bits per heavy atom. The van der Waals surface area contributed by atoms with Gasteiger partial charge >= 0.3 is 0 Å². The van der Waals surface area contributed by atoms with Crippen molar-refractivity contribution in [3.05, 3.63) is 83.4 Å². The van der Waals surface area contributed by atoms with Gasteiger partial charge in [0.25, 0.3) is 5.89 Å². The number of methoxy groups -OCH3 is 1. The van der Waals surface area contributed by atoms with Crippen molar-refractivity contribution in [3.63, 3.8) is 0 Å². The van der Waals surface area contributed by atoms with Crippen molar-refractivity contribution in [2.24, 2.45) is 0 Å². The maximum absolute atomic E-state index is 6.15. The van der Waals surface area contributed by atoms with Crippen molar-refractivity contribution in [1.82, 2.24) is 10.1 Å². The van der Waals surface area contributed by atoms with Crippen LogP contribution in [-0.4, -0.2) is 17.3 Å². The second-order valence-corrected chi connectivity index (χ2v) is 6.47. The van der Waals surface area contributed by atoms with E-state index < -0.39 is 0 Å². The van der Waals surface area contributed by atoms with E-state index in [1.807, 2.05) is 72.8 Å². The zero-order chi connectivity index (χ0) is 19.3. The molecule has 0 saturated heterocycles. The van der Waals surface area contributed by atoms with E-state index in [-0.39, 0.29) is 0 Å². The van der Waals surface area contributed by atoms with E-state index in [0.29, 0.717) is 23.3 Å². The summed E-state index contributed by atoms with van der Waals surface area (Å²) in [6.45, 7) is 0.402. The molecule has 0 aliphatic carbocycles. The van der Waals surface area contributed by atoms with Gasteiger partial charge < -0.3 is 14.0 Å². The van der Waals surface area contributed by atoms with Crippen LogP contribution in [-0.2, 0) is 6.61 Å². The molecule has 4 rings (SSSR count). The first-order chi connectivity index (χ1) is 13.7. The van der Waals surface area contributed by atoms with Gasteiger partial charge in [-0.05, 0) is 42.5 Å². The molecule has 28 heavy (non-hydrogen) atoms. The molecule has 0 aliphatic heterocycles. The highest BCUT2D eigenvalue weighted by atomic mass is 35.5. The quantitative estimate of drug-likeness (QED) is 0.424. The minimum Gasteiger partial charge on any atom is -0.497 e. The van der Waals surface area contributed by atoms with E-state index >= 15 is 0 Å². The third-order valence-electron chi connectivity index (χ3n) is 4.21. The van der Waals surface area contributed by atoms with Crippen molar-refractivity contribution < 1.29 is 14.0 Å². The first kappa shape index (κ1) is 18.1. The summed E-state index contributed by atoms with van der Waals surface area (Å²) in [5, 5.41) is 4.75. The van der Waals surface area contributed by atoms with Gasteiger partial charge in [-0.3, -0.25) is 0 Å². The molecule has 0 amide bonds. The van der Waals surface area contributed by atoms with Gasteiger partial charge in [0.15, 0.2) is 0 Å². The van der Waals surface area contributed by atoms with Crippen molar-refractivity contribution in [2.45, 2.75) is 6.61 Å². The molecule has 0 spiro atoms. The Balaban J connectivity index is 1.47. The summed E-state index contributed by atoms with van der Waals surface area (Å²) in [6.07, 6.45) is 0. The third kappa shape index (κ3) is 4.00. The molecular formula is C22H17ClN2O3. The number of benzene rings is 3. The Morgan fingerprint density at radius 3 is 2.50 bits per heavy atom. The smallest absolute Gasteiger partial charge is 0.258 e. The van der Waals surface area contributed by atoms with Crippen LogP contribution in [0.1, 0.15) is 5.56 Å². The summed E-state index contributed by atoms with van der Waals surface area (Å²) in [5.41, 5.74) is 2.58. The summed E-state index contributed by atoms with van der Waals surface area (Å²) in [7, 11) is 1.62. The number of ether oxygens (including phenoxy) is 2. The maximum atomic E-state index is 6.15. The number of halogens is 1. The standard InChI is InChI=1S/C22H17ClN2O3/c1-26-19-7-4-6-16(13-19)21-24-22(28-25-21)15-9-11-18(12-10-15)27-14-17-5-2-3-8-20(17)23/h2-13H,14H2,1H3. The molecule has 140 valence electrons. The highest BCUT2D eigenvalue weighted by Gasteiger charge is 2.11. The molecule has 0 fully saturated rings. The van der Waals surface area contributed by atoms with Gasteiger partial charge in [-0.15, -0.1) is 0 Å². The van der Waals surface area contributed by atoms with Gasteiger partial charge in [0.1, 0.15) is 18.1 Å². The molecule has 0 bridgehead atoms. The lowest BCUT2D eigenvalue weighted by atomic mass is 10.2. The van der Waals surface area contributed by atoms with Crippen LogP contribution in [0, 0.1) is 0 Å². The SMILES string of the molecule is COc1cccc(-c2noc(-c3ccc(OCc4ccccc4Cl)cc3)n2)c1. The average molecular weight is 393 g/mol. The minimum atomic E-state index is 0.402. The first-order valence-electron chi connectivity index (χ1n) is 8.68. The van der Waals surface area contributed by atoms with E-state index in [1.165, 1.54) is 0 Å². The van der Waals surface area contributed by atoms with Crippen LogP contribution < -0.4 is 9.47 Å². The fraction of sp³-hybridized carbons (Fsp3) is 0.0909. The number of aromatic nitrogens is 2. The van der Waals surface area contributed by atoms with E-state index in [0.717, 1.165) is 28.2 Å². The normalized spacial score (nSPS) is 10.6. The Hall–Kier alpha value is -3.31. The Labute approximate surface area is 167 Å². The Bertz CT molecular complexity index is 1080. The molecule has 0 N–H and O–H groups in total. The van der Waals surface area contributed by atoms with Crippen LogP contribution in [0.5, 0.6) is 11.5 Å². The summed E-state index contributed by atoms with van der Waals surface area (Å²) >= 11 is 6.15. The zero-order valence-electron chi connectivity index (χ0n) is 15.1. The van der Waals surface area contributed by atoms with Crippen LogP contribution in [0.3, 0.4) is 0 Å². The lowest BCUT2D eigenvalue weighted by Crippen LogP contribution is -1.95. The second kappa shape index (κ2) is 8.15. The molecule has 0 saturated carbocycles. The largest absolute Gasteiger partial charge is 0.497 e. The number of rotatable bonds is 6. The molecule has 1 aromatic heterocycles. The van der Waals surface area contributed by atoms with Crippen molar-refractivity contribution in [1.29, 1.82) is 0 Å². The van der Waals surface area contributed by atoms with E-state index in [9.17, 15) is 0 Å². The van der Waals surface area contributed by atoms with Crippen LogP contribution >= 0.6 is 11.6 Å². The van der Waals surface area contributed by atoms with Crippen LogP contribution in [0.25, 0.3) is 22.8 Å². The highest BCUT2D eigenvalue weighted by molar-refractivity contribution is 6.31. The third-order valence-corrected chi connectivity index (χ3v) is 4.58. The number of hydrogen-bond acceptors (Lipinski definition) is 5. The molecular weight excluding hydrogens is 376 g/mol. The van der Waals surface area contributed by atoms with Crippen LogP contribution in [0.4, 0.5) is 0 Å². The van der Waals surface area contributed by atoms with Crippen molar-refractivity contribution >= 4 is 11.6 Å². The second-order valence-electron chi connectivity index (χ2n) is 6.06. The van der Waals surface area contributed by atoms with Gasteiger partial charge in [-0.1, -0.05) is 47.1 Å². The van der Waals surface area contributed by atoms with Crippen molar-refractivity contribution in [3.8, 4) is 34.3 Å². The molecule has 6 heteroatoms. The summed E-state index contributed by atoms with van der Waals surface area (Å²) < 4.78 is 16.4. The minimum absolute atomic E-state index is 0.402. The molecule has 0 atom stereocenters. The lowest BCUT2D eigenvalue weighted by Gasteiger charge is -2.07. The van der Waals surface area contributed by atoms with Gasteiger partial charge in [0, 0.05) is 21.7 Å². The van der Waals surface area contributed by atoms with Gasteiger partial charge in [0.2, 0.25) is 5.82 Å². The lowest BCUT2D eigenvalue weighted by molar-refractivity contribution is 0.306. The molecule has 0 unspecified atom stereocenters. The maximum Gasteiger partial charge on any atom is 0.258 e. The first-order valence-corrected chi connectivity index (χ1v) is 9.05. The number of nitrogens with zero attached hydrogens (tertiary/aromatic N) is 2. The summed E-state index contributed by atoms with van der Waals surface area (Å²) in [6, 6.07) is 22.6. The van der Waals surface area contributed by atoms with Crippen LogP contribution in [0.2, 0.25) is 5.02 Å². The number of hydrogen-bond donors (Lipinski definition) is 0. The fourth-order valence-corrected chi connectivity index (χ4v) is 2.88. The Morgan fingerprint density at radius 2 is 1.71 bits per heavy atom. The summed E-state index contributed by atoms with van der Waals surface area (Å²) in [5.74, 6) is 2.42. The molecule has 4 aromatic rings. The molecule has 5 nitrogen and oxygen atoms in total. The summed E-state index contributed by atoms with van der Waals surface area (Å²) in [4.78, 5) is 4.47. The Kier molecular flexibility index (Phi) is 5.26. The van der Waals surface area contributed by atoms with Gasteiger partial charge in [-0.2, -0.15) is 4.98 Å². The monoisotopic (exact) mass is 392 g/mol. The zero-order valence-corrected chi connectivity index (χ0v) is 15.9. The highest BCUT2D eigenvalue weighted by Crippen LogP contribution is 2.26. The predicted molar refractivity (Wildman–Crippen MR) is 108 cm³/mol.